The van der Waals surface area contributed by atoms with Crippen LogP contribution >= 0.6 is 0 Å². The molecule has 0 saturated carbocycles. The zero-order valence-corrected chi connectivity index (χ0v) is 8.47. The molecule has 14 heavy (non-hydrogen) atoms. The molecule has 0 spiro atoms. The molecule has 3 heteroatoms. The first-order chi connectivity index (χ1) is 6.72. The molecule has 0 saturated heterocycles. The molecule has 1 unspecified atom stereocenters. The highest BCUT2D eigenvalue weighted by Crippen LogP contribution is 2.28. The van der Waals surface area contributed by atoms with Gasteiger partial charge in [0.1, 0.15) is 0 Å². The summed E-state index contributed by atoms with van der Waals surface area (Å²) in [4.78, 5) is 15.0. The molecule has 0 amide bonds. The second-order valence-electron chi connectivity index (χ2n) is 4.10. The average Bonchev–Trinajstić information content (AvgIpc) is 2.48. The predicted molar refractivity (Wildman–Crippen MR) is 55.3 cm³/mol. The van der Waals surface area contributed by atoms with Gasteiger partial charge < -0.3 is 10.7 Å². The van der Waals surface area contributed by atoms with Crippen molar-refractivity contribution in [1.29, 1.82) is 0 Å². The van der Waals surface area contributed by atoms with E-state index in [9.17, 15) is 4.79 Å². The maximum atomic E-state index is 11.8. The van der Waals surface area contributed by atoms with Gasteiger partial charge in [-0.05, 0) is 37.8 Å². The molecule has 3 nitrogen and oxygen atoms in total. The number of aryl methyl sites for hydroxylation is 1. The largest absolute Gasteiger partial charge is 0.364 e. The number of rotatable bonds is 2. The van der Waals surface area contributed by atoms with Crippen molar-refractivity contribution in [3.8, 4) is 0 Å². The van der Waals surface area contributed by atoms with Gasteiger partial charge in [0.15, 0.2) is 5.78 Å². The molecule has 1 atom stereocenters. The second kappa shape index (κ2) is 3.58. The highest BCUT2D eigenvalue weighted by molar-refractivity contribution is 5.99. The van der Waals surface area contributed by atoms with Crippen molar-refractivity contribution in [2.24, 2.45) is 11.7 Å². The number of ketones is 1. The van der Waals surface area contributed by atoms with E-state index in [0.717, 1.165) is 29.7 Å². The zero-order chi connectivity index (χ0) is 10.1. The van der Waals surface area contributed by atoms with Gasteiger partial charge >= 0.3 is 0 Å². The Morgan fingerprint density at radius 3 is 3.07 bits per heavy atom. The normalized spacial score (nSPS) is 21.0. The van der Waals surface area contributed by atoms with Gasteiger partial charge in [0, 0.05) is 23.9 Å². The lowest BCUT2D eigenvalue weighted by Gasteiger charge is -2.20. The molecule has 76 valence electrons. The summed E-state index contributed by atoms with van der Waals surface area (Å²) in [6.45, 7) is 2.66. The monoisotopic (exact) mass is 192 g/mol. The third-order valence-electron chi connectivity index (χ3n) is 2.98. The summed E-state index contributed by atoms with van der Waals surface area (Å²) in [7, 11) is 0. The number of fused-ring (bicyclic) bond motifs is 1. The summed E-state index contributed by atoms with van der Waals surface area (Å²) in [5, 5.41) is 0. The molecular formula is C11H16N2O. The van der Waals surface area contributed by atoms with Crippen LogP contribution in [0.3, 0.4) is 0 Å². The first-order valence-corrected chi connectivity index (χ1v) is 5.12. The fourth-order valence-corrected chi connectivity index (χ4v) is 2.29. The predicted octanol–water partition coefficient (Wildman–Crippen LogP) is 1.42. The van der Waals surface area contributed by atoms with Crippen LogP contribution in [-0.4, -0.2) is 17.3 Å². The minimum absolute atomic E-state index is 0.281. The molecule has 1 aromatic rings. The van der Waals surface area contributed by atoms with Crippen LogP contribution in [0.5, 0.6) is 0 Å². The summed E-state index contributed by atoms with van der Waals surface area (Å²) in [5.74, 6) is 0.724. The van der Waals surface area contributed by atoms with Crippen molar-refractivity contribution in [2.45, 2.75) is 26.2 Å². The lowest BCUT2D eigenvalue weighted by atomic mass is 9.84. The van der Waals surface area contributed by atoms with Crippen LogP contribution in [0.4, 0.5) is 0 Å². The van der Waals surface area contributed by atoms with E-state index >= 15 is 0 Å². The summed E-state index contributed by atoms with van der Waals surface area (Å²) in [6.07, 6.45) is 4.52. The fraction of sp³-hybridized carbons (Fsp3) is 0.545. The molecular weight excluding hydrogens is 176 g/mol. The Kier molecular flexibility index (Phi) is 2.42. The Morgan fingerprint density at radius 1 is 1.57 bits per heavy atom. The van der Waals surface area contributed by atoms with Crippen molar-refractivity contribution < 1.29 is 4.79 Å². The van der Waals surface area contributed by atoms with Crippen LogP contribution in [0.25, 0.3) is 0 Å². The number of nitrogens with two attached hydrogens (primary N) is 1. The minimum Gasteiger partial charge on any atom is -0.364 e. The van der Waals surface area contributed by atoms with E-state index in [-0.39, 0.29) is 5.78 Å². The Hall–Kier alpha value is -1.09. The molecule has 3 N–H and O–H groups in total. The molecule has 1 aliphatic carbocycles. The maximum absolute atomic E-state index is 11.8. The lowest BCUT2D eigenvalue weighted by Crippen LogP contribution is -2.22. The van der Waals surface area contributed by atoms with E-state index in [2.05, 4.69) is 4.98 Å². The molecule has 1 aliphatic rings. The number of aromatic nitrogens is 1. The third kappa shape index (κ3) is 1.48. The standard InChI is InChI=1S/C11H16N2O/c1-7-6-13-9-4-8(2-3-12)5-10(14)11(7)9/h6,8,13H,2-5,12H2,1H3. The van der Waals surface area contributed by atoms with Crippen molar-refractivity contribution in [3.63, 3.8) is 0 Å². The molecule has 0 fully saturated rings. The quantitative estimate of drug-likeness (QED) is 0.744. The van der Waals surface area contributed by atoms with Crippen molar-refractivity contribution in [2.75, 3.05) is 6.54 Å². The SMILES string of the molecule is Cc1c[nH]c2c1C(=O)CC(CCN)C2. The van der Waals surface area contributed by atoms with Crippen LogP contribution in [0.2, 0.25) is 0 Å². The molecule has 0 bridgehead atoms. The van der Waals surface area contributed by atoms with E-state index in [0.29, 0.717) is 18.9 Å². The number of Topliss-reactive ketones (excluding diaryl/α,β-unsaturated/α-hetero) is 1. The van der Waals surface area contributed by atoms with Crippen LogP contribution in [0.1, 0.15) is 34.5 Å². The molecule has 0 radical (unpaired) electrons. The highest BCUT2D eigenvalue weighted by atomic mass is 16.1. The number of H-pyrrole nitrogens is 1. The Bertz CT molecular complexity index is 354. The summed E-state index contributed by atoms with van der Waals surface area (Å²) >= 11 is 0. The smallest absolute Gasteiger partial charge is 0.165 e. The van der Waals surface area contributed by atoms with Crippen LogP contribution in [0.15, 0.2) is 6.20 Å². The number of carbonyl (C=O) groups is 1. The molecule has 1 aromatic heterocycles. The van der Waals surface area contributed by atoms with E-state index in [4.69, 9.17) is 5.73 Å². The second-order valence-corrected chi connectivity index (χ2v) is 4.10. The van der Waals surface area contributed by atoms with Gasteiger partial charge in [0.25, 0.3) is 0 Å². The maximum Gasteiger partial charge on any atom is 0.165 e. The number of hydrogen-bond acceptors (Lipinski definition) is 2. The van der Waals surface area contributed by atoms with Gasteiger partial charge in [0.2, 0.25) is 0 Å². The van der Waals surface area contributed by atoms with E-state index in [1.165, 1.54) is 0 Å². The number of nitrogens with one attached hydrogen (secondary N) is 1. The zero-order valence-electron chi connectivity index (χ0n) is 8.47. The van der Waals surface area contributed by atoms with Crippen LogP contribution < -0.4 is 5.73 Å². The number of carbonyl (C=O) groups excluding carboxylic acids is 1. The number of aromatic amines is 1. The first kappa shape index (κ1) is 9.46. The molecule has 1 heterocycles. The topological polar surface area (TPSA) is 58.9 Å². The van der Waals surface area contributed by atoms with Gasteiger partial charge in [-0.2, -0.15) is 0 Å². The first-order valence-electron chi connectivity index (χ1n) is 5.12. The average molecular weight is 192 g/mol. The van der Waals surface area contributed by atoms with Gasteiger partial charge in [-0.1, -0.05) is 0 Å². The van der Waals surface area contributed by atoms with Gasteiger partial charge in [0.05, 0.1) is 0 Å². The van der Waals surface area contributed by atoms with E-state index in [1.54, 1.807) is 0 Å². The van der Waals surface area contributed by atoms with Gasteiger partial charge in [-0.15, -0.1) is 0 Å². The molecule has 0 aliphatic heterocycles. The van der Waals surface area contributed by atoms with Gasteiger partial charge in [-0.25, -0.2) is 0 Å². The van der Waals surface area contributed by atoms with Crippen molar-refractivity contribution >= 4 is 5.78 Å². The molecule has 2 rings (SSSR count). The summed E-state index contributed by atoms with van der Waals surface area (Å²) in [5.41, 5.74) is 8.63. The van der Waals surface area contributed by atoms with E-state index < -0.39 is 0 Å². The van der Waals surface area contributed by atoms with Crippen LogP contribution in [-0.2, 0) is 6.42 Å². The summed E-state index contributed by atoms with van der Waals surface area (Å²) < 4.78 is 0. The summed E-state index contributed by atoms with van der Waals surface area (Å²) in [6, 6.07) is 0. The Morgan fingerprint density at radius 2 is 2.36 bits per heavy atom. The van der Waals surface area contributed by atoms with Crippen molar-refractivity contribution in [1.82, 2.24) is 4.98 Å². The third-order valence-corrected chi connectivity index (χ3v) is 2.98. The van der Waals surface area contributed by atoms with Crippen LogP contribution in [0, 0.1) is 12.8 Å². The minimum atomic E-state index is 0.281. The Labute approximate surface area is 83.7 Å². The van der Waals surface area contributed by atoms with E-state index in [1.807, 2.05) is 13.1 Å². The molecule has 0 aromatic carbocycles. The highest BCUT2D eigenvalue weighted by Gasteiger charge is 2.26. The fourth-order valence-electron chi connectivity index (χ4n) is 2.29. The lowest BCUT2D eigenvalue weighted by molar-refractivity contribution is 0.0946. The van der Waals surface area contributed by atoms with Crippen molar-refractivity contribution in [3.05, 3.63) is 23.0 Å². The van der Waals surface area contributed by atoms with Gasteiger partial charge in [-0.3, -0.25) is 4.79 Å². The Balaban J connectivity index is 2.26. The number of hydrogen-bond donors (Lipinski definition) is 2.